The van der Waals surface area contributed by atoms with Gasteiger partial charge in [0.15, 0.2) is 0 Å². The summed E-state index contributed by atoms with van der Waals surface area (Å²) >= 11 is 0. The minimum Gasteiger partial charge on any atom is -0.344 e. The van der Waals surface area contributed by atoms with E-state index < -0.39 is 41.5 Å². The van der Waals surface area contributed by atoms with Crippen LogP contribution in [-0.4, -0.2) is 41.5 Å². The molecule has 3 N–H and O–H groups in total. The van der Waals surface area contributed by atoms with Crippen molar-refractivity contribution in [3.8, 4) is 0 Å². The third-order valence-electron chi connectivity index (χ3n) is 2.05. The molecule has 0 aliphatic heterocycles. The first-order valence-corrected chi connectivity index (χ1v) is 4.24. The van der Waals surface area contributed by atoms with E-state index in [0.717, 1.165) is 0 Å². The Bertz CT molecular complexity index is 353. The van der Waals surface area contributed by atoms with Crippen LogP contribution in [0.4, 0.5) is 39.5 Å². The van der Waals surface area contributed by atoms with Crippen molar-refractivity contribution in [3.63, 3.8) is 0 Å². The molecule has 0 aromatic rings. The number of halogens is 9. The van der Waals surface area contributed by atoms with Crippen molar-refractivity contribution in [2.75, 3.05) is 6.54 Å². The number of hydrogen-bond acceptors (Lipinski definition) is 2. The monoisotopic (exact) mass is 309 g/mol. The number of rotatable bonds is 5. The minimum absolute atomic E-state index is 1.59. The maximum absolute atomic E-state index is 12.9. The zero-order valence-corrected chi connectivity index (χ0v) is 8.66. The van der Waals surface area contributed by atoms with E-state index in [0.29, 0.717) is 0 Å². The Morgan fingerprint density at radius 1 is 0.947 bits per heavy atom. The Balaban J connectivity index is 5.56. The van der Waals surface area contributed by atoms with E-state index in [9.17, 15) is 49.6 Å². The lowest BCUT2D eigenvalue weighted by molar-refractivity contribution is -0.577. The Labute approximate surface area is 98.0 Å². The normalized spacial score (nSPS) is 16.3. The molecule has 0 radical (unpaired) electrons. The van der Waals surface area contributed by atoms with Crippen LogP contribution in [0.5, 0.6) is 0 Å². The molecular formula is C6H6F9N2O2+. The summed E-state index contributed by atoms with van der Waals surface area (Å²) in [6.07, 6.45) is -6.95. The van der Waals surface area contributed by atoms with Gasteiger partial charge in [-0.1, -0.05) is 0 Å². The van der Waals surface area contributed by atoms with Gasteiger partial charge in [-0.25, -0.2) is 0 Å². The van der Waals surface area contributed by atoms with Crippen molar-refractivity contribution in [2.24, 2.45) is 0 Å². The predicted molar refractivity (Wildman–Crippen MR) is 39.4 cm³/mol. The maximum Gasteiger partial charge on any atom is 0.460 e. The van der Waals surface area contributed by atoms with Crippen molar-refractivity contribution < 1.29 is 50.2 Å². The van der Waals surface area contributed by atoms with Gasteiger partial charge in [0.25, 0.3) is 6.54 Å². The second-order valence-electron chi connectivity index (χ2n) is 3.48. The van der Waals surface area contributed by atoms with Gasteiger partial charge in [-0.3, -0.25) is 10.1 Å². The first-order chi connectivity index (χ1) is 8.09. The zero-order valence-electron chi connectivity index (χ0n) is 8.66. The first-order valence-electron chi connectivity index (χ1n) is 4.24. The Morgan fingerprint density at radius 2 is 1.32 bits per heavy atom. The quantitative estimate of drug-likeness (QED) is 0.473. The summed E-state index contributed by atoms with van der Waals surface area (Å²) in [6, 6.07) is -3.27. The van der Waals surface area contributed by atoms with Gasteiger partial charge in [0.2, 0.25) is 6.04 Å². The highest BCUT2D eigenvalue weighted by Crippen LogP contribution is 2.53. The molecule has 0 aliphatic rings. The molecule has 0 aliphatic carbocycles. The smallest absolute Gasteiger partial charge is 0.344 e. The van der Waals surface area contributed by atoms with Crippen molar-refractivity contribution in [3.05, 3.63) is 10.1 Å². The fourth-order valence-corrected chi connectivity index (χ4v) is 0.938. The molecule has 1 atom stereocenters. The van der Waals surface area contributed by atoms with E-state index in [2.05, 4.69) is 5.73 Å². The average Bonchev–Trinajstić information content (AvgIpc) is 2.13. The number of hydrogen-bond donors (Lipinski definition) is 1. The molecule has 13 heteroatoms. The lowest BCUT2D eigenvalue weighted by atomic mass is 9.98. The molecule has 4 nitrogen and oxygen atoms in total. The second-order valence-corrected chi connectivity index (χ2v) is 3.48. The molecule has 0 fully saturated rings. The van der Waals surface area contributed by atoms with Gasteiger partial charge in [-0.15, -0.1) is 0 Å². The molecule has 0 saturated heterocycles. The van der Waals surface area contributed by atoms with Gasteiger partial charge in [-0.2, -0.15) is 39.5 Å². The summed E-state index contributed by atoms with van der Waals surface area (Å²) in [6.45, 7) is -2.00. The summed E-state index contributed by atoms with van der Waals surface area (Å²) in [4.78, 5) is 8.22. The topological polar surface area (TPSA) is 70.8 Å². The molecule has 0 heterocycles. The van der Waals surface area contributed by atoms with E-state index in [1.807, 2.05) is 0 Å². The predicted octanol–water partition coefficient (Wildman–Crippen LogP) is 1.34. The van der Waals surface area contributed by atoms with Crippen molar-refractivity contribution in [1.82, 2.24) is 0 Å². The molecule has 0 amide bonds. The van der Waals surface area contributed by atoms with Crippen LogP contribution in [0.25, 0.3) is 0 Å². The summed E-state index contributed by atoms with van der Waals surface area (Å²) in [7, 11) is 0. The molecule has 0 aromatic heterocycles. The van der Waals surface area contributed by atoms with E-state index >= 15 is 0 Å². The highest BCUT2D eigenvalue weighted by Gasteiger charge is 2.84. The maximum atomic E-state index is 12.9. The van der Waals surface area contributed by atoms with E-state index in [-0.39, 0.29) is 0 Å². The summed E-state index contributed by atoms with van der Waals surface area (Å²) in [5, 5.41) is 9.81. The number of nitrogens with zero attached hydrogens (tertiary/aromatic N) is 1. The third-order valence-corrected chi connectivity index (χ3v) is 2.05. The summed E-state index contributed by atoms with van der Waals surface area (Å²) < 4.78 is 111. The van der Waals surface area contributed by atoms with Crippen LogP contribution >= 0.6 is 0 Å². The van der Waals surface area contributed by atoms with Gasteiger partial charge >= 0.3 is 23.9 Å². The summed E-state index contributed by atoms with van der Waals surface area (Å²) in [5.74, 6) is -20.0. The molecule has 0 saturated carbocycles. The van der Waals surface area contributed by atoms with Crippen LogP contribution in [0.2, 0.25) is 0 Å². The Morgan fingerprint density at radius 3 is 1.58 bits per heavy atom. The highest BCUT2D eigenvalue weighted by molar-refractivity contribution is 5.02. The van der Waals surface area contributed by atoms with E-state index in [4.69, 9.17) is 0 Å². The number of alkyl halides is 9. The molecule has 0 rings (SSSR count). The SMILES string of the molecule is [NH3+]C(C[N+](=O)[O-])C(F)(F)C(F)(F)C(F)(F)C(F)(F)F. The average molecular weight is 309 g/mol. The van der Waals surface area contributed by atoms with E-state index in [1.165, 1.54) is 0 Å². The molecule has 0 aromatic carbocycles. The van der Waals surface area contributed by atoms with E-state index in [1.54, 1.807) is 0 Å². The van der Waals surface area contributed by atoms with Crippen LogP contribution in [0.3, 0.4) is 0 Å². The minimum atomic E-state index is -7.06. The standard InChI is InChI=1S/C6H5F9N2O2/c7-3(8,2(16)1-17(18)19)4(9,10)5(11,12)6(13,14)15/h2H,1,16H2/p+1. The molecule has 19 heavy (non-hydrogen) atoms. The van der Waals surface area contributed by atoms with Crippen LogP contribution in [-0.2, 0) is 0 Å². The lowest BCUT2D eigenvalue weighted by Crippen LogP contribution is -2.78. The first kappa shape index (κ1) is 17.7. The molecule has 0 bridgehead atoms. The van der Waals surface area contributed by atoms with Gasteiger partial charge in [-0.05, 0) is 0 Å². The lowest BCUT2D eigenvalue weighted by Gasteiger charge is -2.33. The largest absolute Gasteiger partial charge is 0.460 e. The van der Waals surface area contributed by atoms with Crippen LogP contribution in [0.15, 0.2) is 0 Å². The second kappa shape index (κ2) is 4.68. The van der Waals surface area contributed by atoms with Gasteiger partial charge in [0.05, 0.1) is 0 Å². The molecular weight excluding hydrogens is 303 g/mol. The molecule has 1 unspecified atom stereocenters. The van der Waals surface area contributed by atoms with Crippen molar-refractivity contribution in [1.29, 1.82) is 0 Å². The van der Waals surface area contributed by atoms with Crippen LogP contribution in [0, 0.1) is 10.1 Å². The van der Waals surface area contributed by atoms with Crippen molar-refractivity contribution >= 4 is 0 Å². The fourth-order valence-electron chi connectivity index (χ4n) is 0.938. The number of nitro groups is 1. The van der Waals surface area contributed by atoms with Gasteiger partial charge < -0.3 is 5.73 Å². The van der Waals surface area contributed by atoms with Crippen molar-refractivity contribution in [2.45, 2.75) is 30.0 Å². The Hall–Kier alpha value is -1.27. The van der Waals surface area contributed by atoms with Gasteiger partial charge in [0.1, 0.15) is 0 Å². The van der Waals surface area contributed by atoms with Crippen LogP contribution < -0.4 is 5.73 Å². The molecule has 114 valence electrons. The highest BCUT2D eigenvalue weighted by atomic mass is 19.4. The third kappa shape index (κ3) is 2.84. The number of quaternary nitrogens is 1. The Kier molecular flexibility index (Phi) is 4.37. The fraction of sp³-hybridized carbons (Fsp3) is 1.00. The van der Waals surface area contributed by atoms with Crippen LogP contribution in [0.1, 0.15) is 0 Å². The van der Waals surface area contributed by atoms with Gasteiger partial charge in [0, 0.05) is 4.92 Å². The zero-order chi connectivity index (χ0) is 15.9. The summed E-state index contributed by atoms with van der Waals surface area (Å²) in [5.41, 5.74) is 2.14. The molecule has 0 spiro atoms.